The minimum Gasteiger partial charge on any atom is -0.497 e. The number of fused-ring (bicyclic) bond motifs is 5. The Morgan fingerprint density at radius 2 is 1.37 bits per heavy atom. The van der Waals surface area contributed by atoms with Crippen molar-refractivity contribution in [2.45, 2.75) is 46.0 Å². The standard InChI is InChI=1S/C42H42N2O5/c1-6-48-40(45)43-31-17-13-29(14-18-31)42(4,30-15-19-32(20-16-30)44-41(46)49-7-2)25-24-34-27(3)38-26-33(47-5)21-23-37(38)39-35-11-9-8-10-28(35)12-22-36(34)39/h8-11,13-21,23-26H,6-7,12,22H2,1-5H3,(H,43,45)(H,44,46)/b25-24-. The summed E-state index contributed by atoms with van der Waals surface area (Å²) in [6.07, 6.45) is 5.48. The van der Waals surface area contributed by atoms with Crippen LogP contribution in [0.25, 0.3) is 28.0 Å². The van der Waals surface area contributed by atoms with E-state index in [4.69, 9.17) is 14.2 Å². The first-order valence-corrected chi connectivity index (χ1v) is 16.7. The lowest BCUT2D eigenvalue weighted by atomic mass is 9.74. The molecule has 6 rings (SSSR count). The van der Waals surface area contributed by atoms with Crippen LogP contribution >= 0.6 is 0 Å². The number of hydrogen-bond acceptors (Lipinski definition) is 5. The Morgan fingerprint density at radius 1 is 0.776 bits per heavy atom. The summed E-state index contributed by atoms with van der Waals surface area (Å²) in [7, 11) is 1.71. The number of amides is 2. The Hall–Kier alpha value is -5.56. The Balaban J connectivity index is 1.49. The van der Waals surface area contributed by atoms with Crippen molar-refractivity contribution < 1.29 is 23.8 Å². The zero-order valence-electron chi connectivity index (χ0n) is 28.7. The number of allylic oxidation sites excluding steroid dienone is 1. The van der Waals surface area contributed by atoms with Crippen LogP contribution in [0.5, 0.6) is 5.75 Å². The van der Waals surface area contributed by atoms with Crippen LogP contribution in [0.2, 0.25) is 0 Å². The second-order valence-electron chi connectivity index (χ2n) is 12.3. The van der Waals surface area contributed by atoms with Gasteiger partial charge < -0.3 is 14.2 Å². The molecule has 0 radical (unpaired) electrons. The van der Waals surface area contributed by atoms with Crippen molar-refractivity contribution in [2.75, 3.05) is 31.0 Å². The van der Waals surface area contributed by atoms with Crippen LogP contribution in [-0.4, -0.2) is 32.5 Å². The molecule has 7 nitrogen and oxygen atoms in total. The fraction of sp³-hybridized carbons (Fsp3) is 0.238. The number of ether oxygens (including phenoxy) is 3. The van der Waals surface area contributed by atoms with Crippen LogP contribution in [0, 0.1) is 6.92 Å². The van der Waals surface area contributed by atoms with Crippen LogP contribution in [0.4, 0.5) is 21.0 Å². The minimum absolute atomic E-state index is 0.296. The third-order valence-corrected chi connectivity index (χ3v) is 9.46. The van der Waals surface area contributed by atoms with Crippen molar-refractivity contribution in [3.63, 3.8) is 0 Å². The zero-order valence-corrected chi connectivity index (χ0v) is 28.7. The molecule has 5 aromatic carbocycles. The van der Waals surface area contributed by atoms with Crippen LogP contribution in [0.3, 0.4) is 0 Å². The number of hydrogen-bond donors (Lipinski definition) is 2. The van der Waals surface area contributed by atoms with Gasteiger partial charge in [-0.3, -0.25) is 10.6 Å². The van der Waals surface area contributed by atoms with E-state index in [2.05, 4.69) is 73.0 Å². The van der Waals surface area contributed by atoms with E-state index in [9.17, 15) is 9.59 Å². The summed E-state index contributed by atoms with van der Waals surface area (Å²) in [5, 5.41) is 7.98. The molecular weight excluding hydrogens is 612 g/mol. The summed E-state index contributed by atoms with van der Waals surface area (Å²) in [6.45, 7) is 8.53. The lowest BCUT2D eigenvalue weighted by Crippen LogP contribution is -2.21. The van der Waals surface area contributed by atoms with Gasteiger partial charge in [-0.15, -0.1) is 0 Å². The molecule has 49 heavy (non-hydrogen) atoms. The Bertz CT molecular complexity index is 1970. The Morgan fingerprint density at radius 3 is 1.94 bits per heavy atom. The number of nitrogens with one attached hydrogen (secondary N) is 2. The summed E-state index contributed by atoms with van der Waals surface area (Å²) in [6, 6.07) is 30.8. The van der Waals surface area contributed by atoms with Gasteiger partial charge in [0, 0.05) is 16.8 Å². The van der Waals surface area contributed by atoms with E-state index in [1.165, 1.54) is 44.2 Å². The maximum atomic E-state index is 12.1. The van der Waals surface area contributed by atoms with Crippen molar-refractivity contribution >= 4 is 40.4 Å². The highest BCUT2D eigenvalue weighted by molar-refractivity contribution is 6.04. The topological polar surface area (TPSA) is 85.9 Å². The van der Waals surface area contributed by atoms with E-state index < -0.39 is 17.6 Å². The first-order valence-electron chi connectivity index (χ1n) is 16.7. The Kier molecular flexibility index (Phi) is 9.72. The van der Waals surface area contributed by atoms with E-state index in [1.54, 1.807) is 21.0 Å². The number of rotatable bonds is 9. The molecular formula is C42H42N2O5. The summed E-state index contributed by atoms with van der Waals surface area (Å²) < 4.78 is 15.8. The van der Waals surface area contributed by atoms with Gasteiger partial charge in [0.15, 0.2) is 0 Å². The van der Waals surface area contributed by atoms with Gasteiger partial charge in [0.2, 0.25) is 0 Å². The highest BCUT2D eigenvalue weighted by atomic mass is 16.6. The predicted octanol–water partition coefficient (Wildman–Crippen LogP) is 10.1. The summed E-state index contributed by atoms with van der Waals surface area (Å²) >= 11 is 0. The molecule has 0 spiro atoms. The molecule has 0 bridgehead atoms. The lowest BCUT2D eigenvalue weighted by molar-refractivity contribution is 0.167. The molecule has 0 saturated carbocycles. The summed E-state index contributed by atoms with van der Waals surface area (Å²) in [5.41, 5.74) is 10.5. The zero-order chi connectivity index (χ0) is 34.5. The molecule has 1 aliphatic carbocycles. The predicted molar refractivity (Wildman–Crippen MR) is 198 cm³/mol. The van der Waals surface area contributed by atoms with Crippen molar-refractivity contribution in [3.8, 4) is 16.9 Å². The molecule has 1 aliphatic rings. The van der Waals surface area contributed by atoms with E-state index in [1.807, 2.05) is 54.6 Å². The lowest BCUT2D eigenvalue weighted by Gasteiger charge is -2.29. The Labute approximate surface area is 287 Å². The third kappa shape index (κ3) is 6.74. The maximum Gasteiger partial charge on any atom is 0.411 e. The average Bonchev–Trinajstić information content (AvgIpc) is 3.11. The summed E-state index contributed by atoms with van der Waals surface area (Å²) in [4.78, 5) is 24.2. The molecule has 5 aromatic rings. The van der Waals surface area contributed by atoms with E-state index >= 15 is 0 Å². The fourth-order valence-corrected chi connectivity index (χ4v) is 6.86. The molecule has 0 heterocycles. The number of aryl methyl sites for hydroxylation is 2. The number of anilines is 2. The molecule has 7 heteroatoms. The summed E-state index contributed by atoms with van der Waals surface area (Å²) in [5.74, 6) is 0.826. The normalized spacial score (nSPS) is 12.3. The van der Waals surface area contributed by atoms with Gasteiger partial charge in [0.05, 0.1) is 20.3 Å². The van der Waals surface area contributed by atoms with Gasteiger partial charge >= 0.3 is 12.2 Å². The minimum atomic E-state index is -0.583. The van der Waals surface area contributed by atoms with Crippen molar-refractivity contribution in [1.29, 1.82) is 0 Å². The molecule has 0 aromatic heterocycles. The fourth-order valence-electron chi connectivity index (χ4n) is 6.86. The van der Waals surface area contributed by atoms with Crippen LogP contribution in [0.15, 0.2) is 97.1 Å². The van der Waals surface area contributed by atoms with E-state index in [-0.39, 0.29) is 0 Å². The SMILES string of the molecule is CCOC(=O)Nc1ccc(C(C)(/C=C\c2c3c(c4ccc(OC)cc4c2C)-c2ccccc2CC3)c2ccc(NC(=O)OCC)cc2)cc1. The number of methoxy groups -OCH3 is 1. The highest BCUT2D eigenvalue weighted by Gasteiger charge is 2.28. The van der Waals surface area contributed by atoms with Crippen LogP contribution in [-0.2, 0) is 27.7 Å². The second-order valence-corrected chi connectivity index (χ2v) is 12.3. The molecule has 0 saturated heterocycles. The molecule has 0 unspecified atom stereocenters. The quantitative estimate of drug-likeness (QED) is 0.165. The third-order valence-electron chi connectivity index (χ3n) is 9.46. The van der Waals surface area contributed by atoms with Crippen molar-refractivity contribution in [3.05, 3.63) is 130 Å². The largest absolute Gasteiger partial charge is 0.497 e. The number of benzene rings is 5. The van der Waals surface area contributed by atoms with Crippen LogP contribution in [0.1, 0.15) is 54.2 Å². The van der Waals surface area contributed by atoms with Crippen molar-refractivity contribution in [1.82, 2.24) is 0 Å². The molecule has 0 atom stereocenters. The molecule has 250 valence electrons. The van der Waals surface area contributed by atoms with E-state index in [0.29, 0.717) is 24.6 Å². The average molecular weight is 655 g/mol. The van der Waals surface area contributed by atoms with Gasteiger partial charge in [0.1, 0.15) is 5.75 Å². The second kappa shape index (κ2) is 14.3. The van der Waals surface area contributed by atoms with Gasteiger partial charge in [0.25, 0.3) is 0 Å². The maximum absolute atomic E-state index is 12.1. The molecule has 0 aliphatic heterocycles. The smallest absolute Gasteiger partial charge is 0.411 e. The molecule has 0 fully saturated rings. The molecule has 2 N–H and O–H groups in total. The highest BCUT2D eigenvalue weighted by Crippen LogP contribution is 2.45. The number of carbonyl (C=O) groups excluding carboxylic acids is 2. The molecule has 2 amide bonds. The van der Waals surface area contributed by atoms with Gasteiger partial charge in [-0.05, 0) is 132 Å². The van der Waals surface area contributed by atoms with E-state index in [0.717, 1.165) is 29.7 Å². The van der Waals surface area contributed by atoms with Gasteiger partial charge in [-0.25, -0.2) is 9.59 Å². The first kappa shape index (κ1) is 33.3. The van der Waals surface area contributed by atoms with Gasteiger partial charge in [-0.2, -0.15) is 0 Å². The van der Waals surface area contributed by atoms with Gasteiger partial charge in [-0.1, -0.05) is 66.7 Å². The van der Waals surface area contributed by atoms with Crippen LogP contribution < -0.4 is 15.4 Å². The van der Waals surface area contributed by atoms with Crippen molar-refractivity contribution in [2.24, 2.45) is 0 Å². The monoisotopic (exact) mass is 654 g/mol. The first-order chi connectivity index (χ1) is 23.7. The number of carbonyl (C=O) groups is 2.